The molecule has 1 heterocycles. The van der Waals surface area contributed by atoms with Gasteiger partial charge in [0.1, 0.15) is 0 Å². The van der Waals surface area contributed by atoms with Crippen LogP contribution in [0.15, 0.2) is 46.7 Å². The van der Waals surface area contributed by atoms with Crippen LogP contribution >= 0.6 is 11.3 Å². The fourth-order valence-electron chi connectivity index (χ4n) is 1.88. The number of thiophene rings is 1. The van der Waals surface area contributed by atoms with Gasteiger partial charge in [-0.1, -0.05) is 6.07 Å². The van der Waals surface area contributed by atoms with E-state index in [0.29, 0.717) is 12.1 Å². The SMILES string of the molecule is CN(CCS(=O)(=O)c1ccc(C#N)cc1)Cc1cccs1. The van der Waals surface area contributed by atoms with Crippen molar-refractivity contribution in [2.24, 2.45) is 0 Å². The summed E-state index contributed by atoms with van der Waals surface area (Å²) in [6.07, 6.45) is 0. The monoisotopic (exact) mass is 320 g/mol. The topological polar surface area (TPSA) is 61.2 Å². The summed E-state index contributed by atoms with van der Waals surface area (Å²) in [6.45, 7) is 1.22. The van der Waals surface area contributed by atoms with Crippen LogP contribution in [0.2, 0.25) is 0 Å². The zero-order valence-electron chi connectivity index (χ0n) is 11.7. The van der Waals surface area contributed by atoms with Crippen molar-refractivity contribution < 1.29 is 8.42 Å². The van der Waals surface area contributed by atoms with Crippen LogP contribution in [0.3, 0.4) is 0 Å². The molecule has 0 N–H and O–H groups in total. The Morgan fingerprint density at radius 2 is 1.95 bits per heavy atom. The highest BCUT2D eigenvalue weighted by atomic mass is 32.2. The van der Waals surface area contributed by atoms with E-state index in [2.05, 4.69) is 0 Å². The second-order valence-corrected chi connectivity index (χ2v) is 7.91. The van der Waals surface area contributed by atoms with Crippen LogP contribution in [0.1, 0.15) is 10.4 Å². The van der Waals surface area contributed by atoms with Gasteiger partial charge in [0.25, 0.3) is 0 Å². The lowest BCUT2D eigenvalue weighted by atomic mass is 10.2. The Morgan fingerprint density at radius 3 is 2.52 bits per heavy atom. The van der Waals surface area contributed by atoms with Gasteiger partial charge in [-0.05, 0) is 42.8 Å². The highest BCUT2D eigenvalue weighted by Gasteiger charge is 2.15. The number of benzene rings is 1. The Labute approximate surface area is 129 Å². The fraction of sp³-hybridized carbons (Fsp3) is 0.267. The number of nitrogens with zero attached hydrogens (tertiary/aromatic N) is 2. The first-order valence-electron chi connectivity index (χ1n) is 6.45. The van der Waals surface area contributed by atoms with E-state index >= 15 is 0 Å². The predicted molar refractivity (Wildman–Crippen MR) is 83.9 cm³/mol. The Bertz CT molecular complexity index is 714. The predicted octanol–water partition coefficient (Wildman–Crippen LogP) is 2.53. The van der Waals surface area contributed by atoms with E-state index < -0.39 is 9.84 Å². The van der Waals surface area contributed by atoms with Crippen LogP contribution in [0.4, 0.5) is 0 Å². The Balaban J connectivity index is 1.95. The average molecular weight is 320 g/mol. The van der Waals surface area contributed by atoms with E-state index in [9.17, 15) is 8.42 Å². The molecule has 0 unspecified atom stereocenters. The first-order valence-corrected chi connectivity index (χ1v) is 8.98. The summed E-state index contributed by atoms with van der Waals surface area (Å²) >= 11 is 1.66. The van der Waals surface area contributed by atoms with Gasteiger partial charge >= 0.3 is 0 Å². The summed E-state index contributed by atoms with van der Waals surface area (Å²) in [7, 11) is -1.40. The minimum absolute atomic E-state index is 0.0702. The van der Waals surface area contributed by atoms with E-state index in [0.717, 1.165) is 6.54 Å². The van der Waals surface area contributed by atoms with Gasteiger partial charge < -0.3 is 4.90 Å². The summed E-state index contributed by atoms with van der Waals surface area (Å²) in [5.74, 6) is 0.0702. The normalized spacial score (nSPS) is 11.5. The largest absolute Gasteiger partial charge is 0.300 e. The maximum atomic E-state index is 12.2. The molecular formula is C15H16N2O2S2. The van der Waals surface area contributed by atoms with Gasteiger partial charge in [-0.3, -0.25) is 0 Å². The molecule has 0 aliphatic heterocycles. The summed E-state index contributed by atoms with van der Waals surface area (Å²) in [5, 5.41) is 10.7. The minimum Gasteiger partial charge on any atom is -0.300 e. The molecule has 6 heteroatoms. The van der Waals surface area contributed by atoms with Crippen LogP contribution in [0, 0.1) is 11.3 Å². The number of sulfone groups is 1. The summed E-state index contributed by atoms with van der Waals surface area (Å²) in [6, 6.07) is 12.1. The molecule has 0 bridgehead atoms. The van der Waals surface area contributed by atoms with Gasteiger partial charge in [0.05, 0.1) is 22.3 Å². The van der Waals surface area contributed by atoms with Crippen molar-refractivity contribution in [1.29, 1.82) is 5.26 Å². The molecule has 0 amide bonds. The molecule has 2 rings (SSSR count). The molecule has 0 aliphatic rings. The number of nitriles is 1. The third-order valence-corrected chi connectivity index (χ3v) is 5.66. The third-order valence-electron chi connectivity index (χ3n) is 3.09. The van der Waals surface area contributed by atoms with Crippen LogP contribution in [-0.2, 0) is 16.4 Å². The lowest BCUT2D eigenvalue weighted by molar-refractivity contribution is 0.349. The summed E-state index contributed by atoms with van der Waals surface area (Å²) < 4.78 is 24.5. The highest BCUT2D eigenvalue weighted by Crippen LogP contribution is 2.14. The van der Waals surface area contributed by atoms with E-state index in [1.54, 1.807) is 11.3 Å². The number of hydrogen-bond acceptors (Lipinski definition) is 5. The number of rotatable bonds is 6. The van der Waals surface area contributed by atoms with Crippen molar-refractivity contribution in [1.82, 2.24) is 4.90 Å². The molecule has 1 aromatic carbocycles. The summed E-state index contributed by atoms with van der Waals surface area (Å²) in [5.41, 5.74) is 0.462. The van der Waals surface area contributed by atoms with Crippen LogP contribution in [0.25, 0.3) is 0 Å². The molecule has 0 radical (unpaired) electrons. The van der Waals surface area contributed by atoms with Crippen molar-refractivity contribution in [2.45, 2.75) is 11.4 Å². The average Bonchev–Trinajstić information content (AvgIpc) is 2.98. The Kier molecular flexibility index (Phi) is 5.12. The molecule has 4 nitrogen and oxygen atoms in total. The van der Waals surface area contributed by atoms with Crippen molar-refractivity contribution in [3.63, 3.8) is 0 Å². The summed E-state index contributed by atoms with van der Waals surface area (Å²) in [4.78, 5) is 3.48. The second kappa shape index (κ2) is 6.85. The van der Waals surface area contributed by atoms with E-state index in [1.807, 2.05) is 35.5 Å². The lowest BCUT2D eigenvalue weighted by Gasteiger charge is -2.15. The van der Waals surface area contributed by atoms with Crippen molar-refractivity contribution in [2.75, 3.05) is 19.3 Å². The minimum atomic E-state index is -3.31. The maximum absolute atomic E-state index is 12.2. The smallest absolute Gasteiger partial charge is 0.179 e. The van der Waals surface area contributed by atoms with E-state index in [4.69, 9.17) is 5.26 Å². The van der Waals surface area contributed by atoms with Gasteiger partial charge in [-0.25, -0.2) is 8.42 Å². The van der Waals surface area contributed by atoms with Crippen LogP contribution < -0.4 is 0 Å². The first kappa shape index (κ1) is 15.7. The molecular weight excluding hydrogens is 304 g/mol. The van der Waals surface area contributed by atoms with Crippen molar-refractivity contribution in [3.8, 4) is 6.07 Å². The van der Waals surface area contributed by atoms with Crippen molar-refractivity contribution in [3.05, 3.63) is 52.2 Å². The molecule has 0 aliphatic carbocycles. The quantitative estimate of drug-likeness (QED) is 0.820. The van der Waals surface area contributed by atoms with Gasteiger partial charge in [-0.15, -0.1) is 11.3 Å². The molecule has 110 valence electrons. The molecule has 0 spiro atoms. The molecule has 0 saturated carbocycles. The maximum Gasteiger partial charge on any atom is 0.179 e. The molecule has 2 aromatic rings. The van der Waals surface area contributed by atoms with Gasteiger partial charge in [0, 0.05) is 18.0 Å². The zero-order chi connectivity index (χ0) is 15.3. The molecule has 0 saturated heterocycles. The molecule has 1 aromatic heterocycles. The Morgan fingerprint density at radius 1 is 1.24 bits per heavy atom. The second-order valence-electron chi connectivity index (χ2n) is 4.77. The lowest BCUT2D eigenvalue weighted by Crippen LogP contribution is -2.25. The molecule has 21 heavy (non-hydrogen) atoms. The first-order chi connectivity index (χ1) is 10.0. The van der Waals surface area contributed by atoms with Crippen LogP contribution in [0.5, 0.6) is 0 Å². The number of hydrogen-bond donors (Lipinski definition) is 0. The van der Waals surface area contributed by atoms with Gasteiger partial charge in [0.15, 0.2) is 9.84 Å². The third kappa shape index (κ3) is 4.39. The molecule has 0 fully saturated rings. The highest BCUT2D eigenvalue weighted by molar-refractivity contribution is 7.91. The zero-order valence-corrected chi connectivity index (χ0v) is 13.3. The van der Waals surface area contributed by atoms with Gasteiger partial charge in [0.2, 0.25) is 0 Å². The van der Waals surface area contributed by atoms with E-state index in [1.165, 1.54) is 29.1 Å². The van der Waals surface area contributed by atoms with Crippen LogP contribution in [-0.4, -0.2) is 32.7 Å². The van der Waals surface area contributed by atoms with Gasteiger partial charge in [-0.2, -0.15) is 5.26 Å². The molecule has 0 atom stereocenters. The fourth-order valence-corrected chi connectivity index (χ4v) is 4.00. The van der Waals surface area contributed by atoms with Crippen molar-refractivity contribution >= 4 is 21.2 Å². The standard InChI is InChI=1S/C15H16N2O2S2/c1-17(12-14-3-2-9-20-14)8-10-21(18,19)15-6-4-13(11-16)5-7-15/h2-7,9H,8,10,12H2,1H3. The van der Waals surface area contributed by atoms with E-state index in [-0.39, 0.29) is 10.6 Å². The Hall–Kier alpha value is -1.68.